The summed E-state index contributed by atoms with van der Waals surface area (Å²) in [4.78, 5) is 0. The largest absolute Gasteiger partial charge is 2.00 e. The van der Waals surface area contributed by atoms with Gasteiger partial charge in [-0.1, -0.05) is 26.2 Å². The van der Waals surface area contributed by atoms with Crippen LogP contribution in [0.2, 0.25) is 0 Å². The SMILES string of the molecule is [CH-]=CCCCC.[Cl-].[Mg+2]. The minimum atomic E-state index is 0. The molecule has 0 unspecified atom stereocenters. The Morgan fingerprint density at radius 2 is 2.00 bits per heavy atom. The molecule has 0 amide bonds. The van der Waals surface area contributed by atoms with Gasteiger partial charge >= 0.3 is 23.1 Å². The van der Waals surface area contributed by atoms with E-state index in [0.29, 0.717) is 0 Å². The Bertz CT molecular complexity index is 37.5. The van der Waals surface area contributed by atoms with Crippen LogP contribution >= 0.6 is 0 Å². The van der Waals surface area contributed by atoms with E-state index in [1.807, 2.05) is 0 Å². The van der Waals surface area contributed by atoms with Crippen molar-refractivity contribution in [1.82, 2.24) is 0 Å². The van der Waals surface area contributed by atoms with Gasteiger partial charge in [0.15, 0.2) is 0 Å². The predicted octanol–water partition coefficient (Wildman–Crippen LogP) is -1.21. The molecule has 0 saturated carbocycles. The number of unbranched alkanes of at least 4 members (excludes halogenated alkanes) is 2. The van der Waals surface area contributed by atoms with Gasteiger partial charge in [0.1, 0.15) is 0 Å². The molecule has 2 heteroatoms. The second-order valence-corrected chi connectivity index (χ2v) is 1.38. The summed E-state index contributed by atoms with van der Waals surface area (Å²) in [5.74, 6) is 0. The third-order valence-electron chi connectivity index (χ3n) is 0.724. The molecule has 0 aromatic rings. The Kier molecular flexibility index (Phi) is 31.1. The van der Waals surface area contributed by atoms with Crippen LogP contribution in [0.1, 0.15) is 26.2 Å². The monoisotopic (exact) mass is 142 g/mol. The standard InChI is InChI=1S/C6H11.ClH.Mg/c1-3-5-6-4-2;;/h1,3H,4-6H2,2H3;1H;/q-1;;+2/p-1. The molecule has 0 bridgehead atoms. The zero-order chi connectivity index (χ0) is 4.83. The Morgan fingerprint density at radius 3 is 2.12 bits per heavy atom. The van der Waals surface area contributed by atoms with Crippen molar-refractivity contribution in [3.8, 4) is 0 Å². The van der Waals surface area contributed by atoms with Gasteiger partial charge in [0.25, 0.3) is 0 Å². The van der Waals surface area contributed by atoms with Gasteiger partial charge in [0.05, 0.1) is 0 Å². The first kappa shape index (κ1) is 15.9. The number of hydrogen-bond donors (Lipinski definition) is 0. The van der Waals surface area contributed by atoms with Gasteiger partial charge in [0.2, 0.25) is 0 Å². The van der Waals surface area contributed by atoms with Crippen molar-refractivity contribution in [3.63, 3.8) is 0 Å². The van der Waals surface area contributed by atoms with E-state index in [4.69, 9.17) is 6.58 Å². The molecule has 0 spiro atoms. The Balaban J connectivity index is -0.000000125. The molecule has 0 saturated heterocycles. The van der Waals surface area contributed by atoms with E-state index < -0.39 is 0 Å². The smallest absolute Gasteiger partial charge is 1.00 e. The van der Waals surface area contributed by atoms with Crippen molar-refractivity contribution in [3.05, 3.63) is 12.7 Å². The van der Waals surface area contributed by atoms with E-state index in [0.717, 1.165) is 6.42 Å². The summed E-state index contributed by atoms with van der Waals surface area (Å²) < 4.78 is 0. The van der Waals surface area contributed by atoms with Gasteiger partial charge in [-0.25, -0.2) is 0 Å². The van der Waals surface area contributed by atoms with Crippen LogP contribution in [0.4, 0.5) is 0 Å². The van der Waals surface area contributed by atoms with E-state index in [1.54, 1.807) is 6.08 Å². The number of allylic oxidation sites excluding steroid dienone is 1. The summed E-state index contributed by atoms with van der Waals surface area (Å²) in [6, 6.07) is 0. The van der Waals surface area contributed by atoms with Crippen LogP contribution in [0.5, 0.6) is 0 Å². The van der Waals surface area contributed by atoms with Gasteiger partial charge in [-0.15, -0.1) is 0 Å². The van der Waals surface area contributed by atoms with Gasteiger partial charge in [-0.2, -0.15) is 0 Å². The zero-order valence-corrected chi connectivity index (χ0v) is 7.53. The van der Waals surface area contributed by atoms with Crippen LogP contribution in [0.3, 0.4) is 0 Å². The molecule has 0 heterocycles. The van der Waals surface area contributed by atoms with E-state index in [2.05, 4.69) is 6.92 Å². The molecule has 44 valence electrons. The maximum Gasteiger partial charge on any atom is 2.00 e. The molecule has 0 aliphatic carbocycles. The van der Waals surface area contributed by atoms with Gasteiger partial charge < -0.3 is 19.0 Å². The molecule has 0 atom stereocenters. The molecule has 0 aliphatic rings. The fraction of sp³-hybridized carbons (Fsp3) is 0.667. The van der Waals surface area contributed by atoms with Crippen molar-refractivity contribution in [2.75, 3.05) is 0 Å². The minimum Gasteiger partial charge on any atom is -1.00 e. The molecule has 8 heavy (non-hydrogen) atoms. The van der Waals surface area contributed by atoms with Gasteiger partial charge in [-0.05, 0) is 0 Å². The quantitative estimate of drug-likeness (QED) is 0.264. The van der Waals surface area contributed by atoms with E-state index in [1.165, 1.54) is 12.8 Å². The normalized spacial score (nSPS) is 6.12. The molecular formula is C6H11ClMg. The zero-order valence-electron chi connectivity index (χ0n) is 5.36. The Morgan fingerprint density at radius 1 is 1.50 bits per heavy atom. The molecule has 0 radical (unpaired) electrons. The predicted molar refractivity (Wildman–Crippen MR) is 34.1 cm³/mol. The van der Waals surface area contributed by atoms with Crippen LogP contribution in [0.15, 0.2) is 6.08 Å². The maximum absolute atomic E-state index is 5.09. The van der Waals surface area contributed by atoms with E-state index in [-0.39, 0.29) is 35.5 Å². The van der Waals surface area contributed by atoms with Crippen LogP contribution in [0, 0.1) is 6.58 Å². The van der Waals surface area contributed by atoms with Crippen molar-refractivity contribution < 1.29 is 12.4 Å². The van der Waals surface area contributed by atoms with Crippen LogP contribution in [-0.4, -0.2) is 23.1 Å². The van der Waals surface area contributed by atoms with E-state index in [9.17, 15) is 0 Å². The molecule has 0 aromatic heterocycles. The third kappa shape index (κ3) is 15.8. The molecule has 0 fully saturated rings. The first-order chi connectivity index (χ1) is 2.91. The molecular weight excluding hydrogens is 132 g/mol. The first-order valence-electron chi connectivity index (χ1n) is 2.45. The fourth-order valence-corrected chi connectivity index (χ4v) is 0.322. The second kappa shape index (κ2) is 15.7. The van der Waals surface area contributed by atoms with Crippen LogP contribution < -0.4 is 12.4 Å². The van der Waals surface area contributed by atoms with Gasteiger partial charge in [-0.3, -0.25) is 6.08 Å². The summed E-state index contributed by atoms with van der Waals surface area (Å²) >= 11 is 0. The van der Waals surface area contributed by atoms with Crippen molar-refractivity contribution in [1.29, 1.82) is 0 Å². The Hall–Kier alpha value is 0.796. The van der Waals surface area contributed by atoms with Crippen molar-refractivity contribution >= 4 is 23.1 Å². The summed E-state index contributed by atoms with van der Waals surface area (Å²) in [5, 5.41) is 0. The first-order valence-corrected chi connectivity index (χ1v) is 2.45. The van der Waals surface area contributed by atoms with Crippen molar-refractivity contribution in [2.45, 2.75) is 26.2 Å². The summed E-state index contributed by atoms with van der Waals surface area (Å²) in [5.41, 5.74) is 0. The average Bonchev–Trinajstić information content (AvgIpc) is 1.61. The number of rotatable bonds is 3. The van der Waals surface area contributed by atoms with E-state index >= 15 is 0 Å². The number of halogens is 1. The van der Waals surface area contributed by atoms with Crippen LogP contribution in [0.25, 0.3) is 0 Å². The van der Waals surface area contributed by atoms with Crippen LogP contribution in [-0.2, 0) is 0 Å². The summed E-state index contributed by atoms with van der Waals surface area (Å²) in [6.45, 7) is 7.25. The topological polar surface area (TPSA) is 0 Å². The summed E-state index contributed by atoms with van der Waals surface area (Å²) in [6.07, 6.45) is 5.25. The average molecular weight is 143 g/mol. The number of hydrogen-bond acceptors (Lipinski definition) is 0. The van der Waals surface area contributed by atoms with Crippen molar-refractivity contribution in [2.24, 2.45) is 0 Å². The second-order valence-electron chi connectivity index (χ2n) is 1.38. The molecule has 0 N–H and O–H groups in total. The molecule has 0 nitrogen and oxygen atoms in total. The summed E-state index contributed by atoms with van der Waals surface area (Å²) in [7, 11) is 0. The third-order valence-corrected chi connectivity index (χ3v) is 0.724. The fourth-order valence-electron chi connectivity index (χ4n) is 0.322. The minimum absolute atomic E-state index is 0. The molecule has 0 aromatic carbocycles. The Labute approximate surface area is 74.3 Å². The van der Waals surface area contributed by atoms with Gasteiger partial charge in [0, 0.05) is 0 Å². The molecule has 0 rings (SSSR count). The molecule has 0 aliphatic heterocycles. The maximum atomic E-state index is 5.09.